The van der Waals surface area contributed by atoms with Crippen molar-refractivity contribution in [2.24, 2.45) is 0 Å². The topological polar surface area (TPSA) is 30.0 Å². The smallest absolute Gasteiger partial charge is 0.151 e. The zero-order valence-corrected chi connectivity index (χ0v) is 10.1. The van der Waals surface area contributed by atoms with Gasteiger partial charge in [-0.05, 0) is 17.5 Å². The molecule has 86 valence electrons. The summed E-state index contributed by atoms with van der Waals surface area (Å²) < 4.78 is 0. The van der Waals surface area contributed by atoms with Crippen molar-refractivity contribution >= 4 is 6.29 Å². The zero-order valence-electron chi connectivity index (χ0n) is 10.1. The summed E-state index contributed by atoms with van der Waals surface area (Å²) >= 11 is 0. The molecule has 2 rings (SSSR count). The van der Waals surface area contributed by atoms with E-state index in [4.69, 9.17) is 0 Å². The molecule has 2 heteroatoms. The van der Waals surface area contributed by atoms with Crippen molar-refractivity contribution in [2.75, 3.05) is 0 Å². The highest BCUT2D eigenvalue weighted by Gasteiger charge is 2.09. The fourth-order valence-corrected chi connectivity index (χ4v) is 1.86. The van der Waals surface area contributed by atoms with Crippen LogP contribution in [-0.4, -0.2) is 11.3 Å². The van der Waals surface area contributed by atoms with E-state index in [0.29, 0.717) is 5.56 Å². The summed E-state index contributed by atoms with van der Waals surface area (Å²) in [6.45, 7) is 4.08. The molecular weight excluding hydrogens is 210 g/mol. The number of aldehydes is 1. The first-order valence-corrected chi connectivity index (χ1v) is 5.73. The number of carbonyl (C=O) groups is 1. The third kappa shape index (κ3) is 2.41. The molecule has 0 bridgehead atoms. The highest BCUT2D eigenvalue weighted by atomic mass is 16.1. The van der Waals surface area contributed by atoms with E-state index in [1.54, 1.807) is 0 Å². The Balaban J connectivity index is 2.49. The maximum Gasteiger partial charge on any atom is 0.151 e. The molecule has 0 aliphatic heterocycles. The van der Waals surface area contributed by atoms with Crippen LogP contribution in [0.4, 0.5) is 0 Å². The van der Waals surface area contributed by atoms with Gasteiger partial charge in [0, 0.05) is 17.3 Å². The molecule has 2 aromatic rings. The van der Waals surface area contributed by atoms with Crippen LogP contribution in [0.25, 0.3) is 11.1 Å². The average Bonchev–Trinajstić information content (AvgIpc) is 2.39. The SMILES string of the molecule is CC(C)c1ncc(-c2ccccc2)cc1C=O. The Labute approximate surface area is 101 Å². The summed E-state index contributed by atoms with van der Waals surface area (Å²) in [6, 6.07) is 11.9. The van der Waals surface area contributed by atoms with Gasteiger partial charge in [0.2, 0.25) is 0 Å². The Morgan fingerprint density at radius 1 is 1.12 bits per heavy atom. The van der Waals surface area contributed by atoms with Gasteiger partial charge >= 0.3 is 0 Å². The van der Waals surface area contributed by atoms with E-state index in [2.05, 4.69) is 4.98 Å². The summed E-state index contributed by atoms with van der Waals surface area (Å²) in [5, 5.41) is 0. The third-order valence-electron chi connectivity index (χ3n) is 2.73. The van der Waals surface area contributed by atoms with Crippen LogP contribution < -0.4 is 0 Å². The van der Waals surface area contributed by atoms with Gasteiger partial charge in [-0.3, -0.25) is 9.78 Å². The molecule has 0 saturated heterocycles. The molecule has 0 unspecified atom stereocenters. The second-order valence-corrected chi connectivity index (χ2v) is 4.34. The van der Waals surface area contributed by atoms with Gasteiger partial charge in [-0.1, -0.05) is 44.2 Å². The van der Waals surface area contributed by atoms with Crippen molar-refractivity contribution in [2.45, 2.75) is 19.8 Å². The number of hydrogen-bond donors (Lipinski definition) is 0. The van der Waals surface area contributed by atoms with Crippen LogP contribution >= 0.6 is 0 Å². The Kier molecular flexibility index (Phi) is 3.33. The predicted octanol–water partition coefficient (Wildman–Crippen LogP) is 3.68. The van der Waals surface area contributed by atoms with Crippen LogP contribution in [0.2, 0.25) is 0 Å². The molecule has 0 aliphatic rings. The number of carbonyl (C=O) groups excluding carboxylic acids is 1. The lowest BCUT2D eigenvalue weighted by Gasteiger charge is -2.09. The first kappa shape index (κ1) is 11.5. The minimum atomic E-state index is 0.264. The molecule has 0 N–H and O–H groups in total. The fraction of sp³-hybridized carbons (Fsp3) is 0.200. The molecular formula is C15H15NO. The molecule has 17 heavy (non-hydrogen) atoms. The van der Waals surface area contributed by atoms with Crippen LogP contribution in [0.3, 0.4) is 0 Å². The van der Waals surface area contributed by atoms with Crippen LogP contribution in [-0.2, 0) is 0 Å². The summed E-state index contributed by atoms with van der Waals surface area (Å²) in [7, 11) is 0. The normalized spacial score (nSPS) is 10.5. The minimum Gasteiger partial charge on any atom is -0.298 e. The molecule has 0 spiro atoms. The standard InChI is InChI=1S/C15H15NO/c1-11(2)15-14(10-17)8-13(9-16-15)12-6-4-3-5-7-12/h3-11H,1-2H3. The summed E-state index contributed by atoms with van der Waals surface area (Å²) in [4.78, 5) is 15.5. The number of hydrogen-bond acceptors (Lipinski definition) is 2. The lowest BCUT2D eigenvalue weighted by Crippen LogP contribution is -1.99. The quantitative estimate of drug-likeness (QED) is 0.746. The highest BCUT2D eigenvalue weighted by Crippen LogP contribution is 2.23. The van der Waals surface area contributed by atoms with E-state index in [1.165, 1.54) is 0 Å². The lowest BCUT2D eigenvalue weighted by molar-refractivity contribution is 0.112. The van der Waals surface area contributed by atoms with Crippen molar-refractivity contribution in [3.63, 3.8) is 0 Å². The molecule has 1 heterocycles. The predicted molar refractivity (Wildman–Crippen MR) is 69.1 cm³/mol. The molecule has 0 aliphatic carbocycles. The number of aromatic nitrogens is 1. The highest BCUT2D eigenvalue weighted by molar-refractivity contribution is 5.80. The Morgan fingerprint density at radius 2 is 1.82 bits per heavy atom. The van der Waals surface area contributed by atoms with E-state index < -0.39 is 0 Å². The lowest BCUT2D eigenvalue weighted by atomic mass is 10.0. The molecule has 1 aromatic heterocycles. The van der Waals surface area contributed by atoms with Gasteiger partial charge in [-0.15, -0.1) is 0 Å². The summed E-state index contributed by atoms with van der Waals surface area (Å²) in [5.74, 6) is 0.264. The maximum atomic E-state index is 11.1. The molecule has 0 fully saturated rings. The zero-order chi connectivity index (χ0) is 12.3. The number of benzene rings is 1. The van der Waals surface area contributed by atoms with Gasteiger partial charge in [-0.2, -0.15) is 0 Å². The monoisotopic (exact) mass is 225 g/mol. The third-order valence-corrected chi connectivity index (χ3v) is 2.73. The number of pyridine rings is 1. The van der Waals surface area contributed by atoms with Crippen molar-refractivity contribution in [1.29, 1.82) is 0 Å². The van der Waals surface area contributed by atoms with Crippen LogP contribution in [0.5, 0.6) is 0 Å². The van der Waals surface area contributed by atoms with Crippen molar-refractivity contribution in [3.8, 4) is 11.1 Å². The van der Waals surface area contributed by atoms with E-state index in [-0.39, 0.29) is 5.92 Å². The number of nitrogens with zero attached hydrogens (tertiary/aromatic N) is 1. The summed E-state index contributed by atoms with van der Waals surface area (Å²) in [6.07, 6.45) is 2.71. The van der Waals surface area contributed by atoms with Crippen LogP contribution in [0.1, 0.15) is 35.8 Å². The average molecular weight is 225 g/mol. The van der Waals surface area contributed by atoms with Crippen LogP contribution in [0, 0.1) is 0 Å². The van der Waals surface area contributed by atoms with Gasteiger partial charge in [-0.25, -0.2) is 0 Å². The second-order valence-electron chi connectivity index (χ2n) is 4.34. The first-order valence-electron chi connectivity index (χ1n) is 5.73. The largest absolute Gasteiger partial charge is 0.298 e. The molecule has 0 amide bonds. The van der Waals surface area contributed by atoms with Crippen molar-refractivity contribution < 1.29 is 4.79 Å². The van der Waals surface area contributed by atoms with E-state index >= 15 is 0 Å². The minimum absolute atomic E-state index is 0.264. The second kappa shape index (κ2) is 4.91. The Bertz CT molecular complexity index is 518. The van der Waals surface area contributed by atoms with E-state index in [1.807, 2.05) is 56.4 Å². The Morgan fingerprint density at radius 3 is 2.41 bits per heavy atom. The molecule has 2 nitrogen and oxygen atoms in total. The van der Waals surface area contributed by atoms with Crippen molar-refractivity contribution in [1.82, 2.24) is 4.98 Å². The molecule has 0 atom stereocenters. The molecule has 0 saturated carbocycles. The number of rotatable bonds is 3. The Hall–Kier alpha value is -1.96. The maximum absolute atomic E-state index is 11.1. The first-order chi connectivity index (χ1) is 8.22. The molecule has 1 aromatic carbocycles. The fourth-order valence-electron chi connectivity index (χ4n) is 1.86. The van der Waals surface area contributed by atoms with Crippen molar-refractivity contribution in [3.05, 3.63) is 53.9 Å². The van der Waals surface area contributed by atoms with Gasteiger partial charge in [0.05, 0.1) is 5.69 Å². The van der Waals surface area contributed by atoms with Crippen LogP contribution in [0.15, 0.2) is 42.6 Å². The van der Waals surface area contributed by atoms with E-state index in [0.717, 1.165) is 23.1 Å². The summed E-state index contributed by atoms with van der Waals surface area (Å²) in [5.41, 5.74) is 3.61. The van der Waals surface area contributed by atoms with Gasteiger partial charge in [0.1, 0.15) is 0 Å². The van der Waals surface area contributed by atoms with E-state index in [9.17, 15) is 4.79 Å². The van der Waals surface area contributed by atoms with Gasteiger partial charge < -0.3 is 0 Å². The van der Waals surface area contributed by atoms with Gasteiger partial charge in [0.25, 0.3) is 0 Å². The van der Waals surface area contributed by atoms with Gasteiger partial charge in [0.15, 0.2) is 6.29 Å². The molecule has 0 radical (unpaired) electrons.